The van der Waals surface area contributed by atoms with Crippen LogP contribution in [0.25, 0.3) is 0 Å². The van der Waals surface area contributed by atoms with Gasteiger partial charge in [0.25, 0.3) is 0 Å². The van der Waals surface area contributed by atoms with Gasteiger partial charge in [0.1, 0.15) is 5.03 Å². The van der Waals surface area contributed by atoms with Gasteiger partial charge in [-0.15, -0.1) is 0 Å². The fourth-order valence-electron chi connectivity index (χ4n) is 1.09. The van der Waals surface area contributed by atoms with Crippen molar-refractivity contribution in [2.24, 2.45) is 0 Å². The molecule has 88 valence electrons. The highest BCUT2D eigenvalue weighted by Gasteiger charge is 2.07. The highest BCUT2D eigenvalue weighted by molar-refractivity contribution is 9.10. The lowest BCUT2D eigenvalue weighted by Crippen LogP contribution is -1.95. The fourth-order valence-corrected chi connectivity index (χ4v) is 2.71. The van der Waals surface area contributed by atoms with Crippen LogP contribution in [-0.4, -0.2) is 9.97 Å². The molecular weight excluding hydrogens is 345 g/mol. The summed E-state index contributed by atoms with van der Waals surface area (Å²) in [6.07, 6.45) is 1.61. The van der Waals surface area contributed by atoms with Crippen molar-refractivity contribution in [3.8, 4) is 0 Å². The standard InChI is InChI=1S/C10H6BrCl2N3S/c11-6-4-15-10(14)16-9(6)17-5-1-2-7(12)8(13)3-5/h1-4H,(H2,14,15,16). The average molecular weight is 351 g/mol. The van der Waals surface area contributed by atoms with E-state index < -0.39 is 0 Å². The molecule has 0 amide bonds. The van der Waals surface area contributed by atoms with Crippen LogP contribution in [0, 0.1) is 0 Å². The number of nitrogen functional groups attached to an aromatic ring is 1. The lowest BCUT2D eigenvalue weighted by molar-refractivity contribution is 1.04. The highest BCUT2D eigenvalue weighted by Crippen LogP contribution is 2.34. The van der Waals surface area contributed by atoms with Crippen LogP contribution in [0.1, 0.15) is 0 Å². The van der Waals surface area contributed by atoms with Crippen molar-refractivity contribution < 1.29 is 0 Å². The first-order valence-corrected chi connectivity index (χ1v) is 6.84. The molecule has 2 N–H and O–H groups in total. The summed E-state index contributed by atoms with van der Waals surface area (Å²) in [5.74, 6) is 0.232. The first kappa shape index (κ1) is 13.0. The first-order chi connectivity index (χ1) is 8.06. The van der Waals surface area contributed by atoms with Gasteiger partial charge in [-0.1, -0.05) is 35.0 Å². The molecule has 0 spiro atoms. The minimum Gasteiger partial charge on any atom is -0.368 e. The minimum absolute atomic E-state index is 0.232. The summed E-state index contributed by atoms with van der Waals surface area (Å²) in [6, 6.07) is 5.38. The maximum Gasteiger partial charge on any atom is 0.221 e. The zero-order valence-corrected chi connectivity index (χ0v) is 12.2. The lowest BCUT2D eigenvalue weighted by Gasteiger charge is -2.04. The summed E-state index contributed by atoms with van der Waals surface area (Å²) in [5, 5.41) is 1.77. The smallest absolute Gasteiger partial charge is 0.221 e. The quantitative estimate of drug-likeness (QED) is 0.821. The van der Waals surface area contributed by atoms with Crippen LogP contribution in [0.15, 0.2) is 38.8 Å². The predicted molar refractivity (Wildman–Crippen MR) is 74.7 cm³/mol. The summed E-state index contributed by atoms with van der Waals surface area (Å²) in [6.45, 7) is 0. The van der Waals surface area contributed by atoms with Gasteiger partial charge in [-0.2, -0.15) is 0 Å². The topological polar surface area (TPSA) is 51.8 Å². The van der Waals surface area contributed by atoms with E-state index in [-0.39, 0.29) is 5.95 Å². The Balaban J connectivity index is 2.31. The molecule has 2 aromatic rings. The molecule has 17 heavy (non-hydrogen) atoms. The summed E-state index contributed by atoms with van der Waals surface area (Å²) in [5.41, 5.74) is 5.53. The van der Waals surface area contributed by atoms with Gasteiger partial charge < -0.3 is 5.73 Å². The molecule has 0 unspecified atom stereocenters. The van der Waals surface area contributed by atoms with E-state index in [1.165, 1.54) is 11.8 Å². The molecule has 1 aromatic carbocycles. The summed E-state index contributed by atoms with van der Waals surface area (Å²) >= 11 is 16.6. The van der Waals surface area contributed by atoms with Gasteiger partial charge in [0, 0.05) is 11.1 Å². The maximum absolute atomic E-state index is 5.94. The second-order valence-electron chi connectivity index (χ2n) is 3.06. The molecule has 0 aliphatic heterocycles. The van der Waals surface area contributed by atoms with Crippen LogP contribution in [0.4, 0.5) is 5.95 Å². The molecule has 0 saturated heterocycles. The number of halogens is 3. The van der Waals surface area contributed by atoms with Crippen molar-refractivity contribution in [1.29, 1.82) is 0 Å². The van der Waals surface area contributed by atoms with Gasteiger partial charge >= 0.3 is 0 Å². The number of hydrogen-bond acceptors (Lipinski definition) is 4. The average Bonchev–Trinajstić information content (AvgIpc) is 2.29. The molecule has 0 radical (unpaired) electrons. The van der Waals surface area contributed by atoms with Gasteiger partial charge in [-0.3, -0.25) is 0 Å². The minimum atomic E-state index is 0.232. The Hall–Kier alpha value is -0.490. The number of rotatable bonds is 2. The van der Waals surface area contributed by atoms with E-state index in [0.717, 1.165) is 14.4 Å². The first-order valence-electron chi connectivity index (χ1n) is 4.47. The predicted octanol–water partition coefficient (Wildman–Crippen LogP) is 4.28. The molecule has 3 nitrogen and oxygen atoms in total. The van der Waals surface area contributed by atoms with E-state index in [9.17, 15) is 0 Å². The van der Waals surface area contributed by atoms with Crippen molar-refractivity contribution >= 4 is 56.8 Å². The van der Waals surface area contributed by atoms with Crippen molar-refractivity contribution in [2.75, 3.05) is 5.73 Å². The van der Waals surface area contributed by atoms with Crippen LogP contribution < -0.4 is 5.73 Å². The Kier molecular flexibility index (Phi) is 4.14. The fraction of sp³-hybridized carbons (Fsp3) is 0. The molecule has 0 bridgehead atoms. The maximum atomic E-state index is 5.94. The molecule has 0 saturated carbocycles. The molecule has 0 atom stereocenters. The third-order valence-corrected chi connectivity index (χ3v) is 4.41. The van der Waals surface area contributed by atoms with E-state index in [0.29, 0.717) is 10.0 Å². The van der Waals surface area contributed by atoms with Crippen molar-refractivity contribution in [2.45, 2.75) is 9.92 Å². The van der Waals surface area contributed by atoms with Crippen LogP contribution in [0.3, 0.4) is 0 Å². The van der Waals surface area contributed by atoms with Gasteiger partial charge in [-0.05, 0) is 34.1 Å². The van der Waals surface area contributed by atoms with E-state index in [1.807, 2.05) is 6.07 Å². The van der Waals surface area contributed by atoms with E-state index in [4.69, 9.17) is 28.9 Å². The zero-order valence-electron chi connectivity index (χ0n) is 8.32. The third-order valence-electron chi connectivity index (χ3n) is 1.84. The van der Waals surface area contributed by atoms with E-state index in [2.05, 4.69) is 25.9 Å². The van der Waals surface area contributed by atoms with Gasteiger partial charge in [0.2, 0.25) is 5.95 Å². The SMILES string of the molecule is Nc1ncc(Br)c(Sc2ccc(Cl)c(Cl)c2)n1. The van der Waals surface area contributed by atoms with Crippen LogP contribution in [0.5, 0.6) is 0 Å². The number of aromatic nitrogens is 2. The summed E-state index contributed by atoms with van der Waals surface area (Å²) < 4.78 is 0.780. The van der Waals surface area contributed by atoms with E-state index in [1.54, 1.807) is 18.3 Å². The van der Waals surface area contributed by atoms with Crippen LogP contribution in [-0.2, 0) is 0 Å². The monoisotopic (exact) mass is 349 g/mol. The molecule has 2 rings (SSSR count). The number of anilines is 1. The Bertz CT molecular complexity index is 565. The molecule has 1 heterocycles. The Labute approximate surface area is 121 Å². The van der Waals surface area contributed by atoms with Crippen molar-refractivity contribution in [1.82, 2.24) is 9.97 Å². The highest BCUT2D eigenvalue weighted by atomic mass is 79.9. The number of hydrogen-bond donors (Lipinski definition) is 1. The Morgan fingerprint density at radius 3 is 2.71 bits per heavy atom. The normalized spacial score (nSPS) is 10.5. The summed E-state index contributed by atoms with van der Waals surface area (Å²) in [4.78, 5) is 8.93. The molecule has 0 fully saturated rings. The second-order valence-corrected chi connectivity index (χ2v) is 5.79. The number of nitrogens with two attached hydrogens (primary N) is 1. The van der Waals surface area contributed by atoms with Crippen LogP contribution in [0.2, 0.25) is 10.0 Å². The molecule has 1 aromatic heterocycles. The number of nitrogens with zero attached hydrogens (tertiary/aromatic N) is 2. The molecule has 0 aliphatic carbocycles. The second kappa shape index (κ2) is 5.44. The van der Waals surface area contributed by atoms with Gasteiger partial charge in [-0.25, -0.2) is 9.97 Å². The lowest BCUT2D eigenvalue weighted by atomic mass is 10.4. The Morgan fingerprint density at radius 1 is 1.24 bits per heavy atom. The van der Waals surface area contributed by atoms with Crippen molar-refractivity contribution in [3.05, 3.63) is 38.9 Å². The van der Waals surface area contributed by atoms with Crippen molar-refractivity contribution in [3.63, 3.8) is 0 Å². The Morgan fingerprint density at radius 2 is 2.00 bits per heavy atom. The van der Waals surface area contributed by atoms with E-state index >= 15 is 0 Å². The van der Waals surface area contributed by atoms with Gasteiger partial charge in [0.15, 0.2) is 0 Å². The largest absolute Gasteiger partial charge is 0.368 e. The number of benzene rings is 1. The zero-order chi connectivity index (χ0) is 12.4. The van der Waals surface area contributed by atoms with Gasteiger partial charge in [0.05, 0.1) is 14.5 Å². The summed E-state index contributed by atoms with van der Waals surface area (Å²) in [7, 11) is 0. The van der Waals surface area contributed by atoms with Crippen LogP contribution >= 0.6 is 50.9 Å². The molecule has 0 aliphatic rings. The third kappa shape index (κ3) is 3.25. The molecule has 7 heteroatoms. The molecular formula is C10H6BrCl2N3S.